The number of alkyl halides is 3. The quantitative estimate of drug-likeness (QED) is 0.470. The Hall–Kier alpha value is -4.08. The fourth-order valence-electron chi connectivity index (χ4n) is 3.09. The molecule has 4 rings (SSSR count). The number of carbonyl (C=O) groups excluding carboxylic acids is 1. The molecule has 0 atom stereocenters. The van der Waals surface area contributed by atoms with Gasteiger partial charge in [0.25, 0.3) is 0 Å². The summed E-state index contributed by atoms with van der Waals surface area (Å²) < 4.78 is 42.6. The topological polar surface area (TPSA) is 81.1 Å². The highest BCUT2D eigenvalue weighted by atomic mass is 19.4. The van der Waals surface area contributed by atoms with E-state index in [1.807, 2.05) is 19.2 Å². The minimum Gasteiger partial charge on any atom is -0.406 e. The predicted molar refractivity (Wildman–Crippen MR) is 110 cm³/mol. The van der Waals surface area contributed by atoms with Crippen molar-refractivity contribution < 1.29 is 22.7 Å². The van der Waals surface area contributed by atoms with Crippen LogP contribution in [0, 0.1) is 0 Å². The Bertz CT molecular complexity index is 1240. The van der Waals surface area contributed by atoms with Gasteiger partial charge in [0.15, 0.2) is 0 Å². The first-order chi connectivity index (χ1) is 14.8. The molecule has 2 aromatic heterocycles. The van der Waals surface area contributed by atoms with Gasteiger partial charge in [-0.25, -0.2) is 4.79 Å². The molecule has 0 saturated carbocycles. The van der Waals surface area contributed by atoms with Crippen molar-refractivity contribution in [1.82, 2.24) is 14.8 Å². The Morgan fingerprint density at radius 3 is 2.48 bits per heavy atom. The molecule has 0 fully saturated rings. The van der Waals surface area contributed by atoms with Crippen molar-refractivity contribution in [3.63, 3.8) is 0 Å². The molecule has 31 heavy (non-hydrogen) atoms. The third-order valence-corrected chi connectivity index (χ3v) is 4.45. The van der Waals surface area contributed by atoms with Crippen molar-refractivity contribution >= 4 is 28.3 Å². The minimum atomic E-state index is -4.81. The van der Waals surface area contributed by atoms with Gasteiger partial charge in [-0.2, -0.15) is 5.10 Å². The van der Waals surface area contributed by atoms with Gasteiger partial charge in [0.1, 0.15) is 5.75 Å². The van der Waals surface area contributed by atoms with Gasteiger partial charge in [-0.05, 0) is 29.8 Å². The van der Waals surface area contributed by atoms with E-state index in [1.54, 1.807) is 35.4 Å². The second kappa shape index (κ2) is 7.98. The number of anilines is 2. The van der Waals surface area contributed by atoms with Crippen LogP contribution >= 0.6 is 0 Å². The van der Waals surface area contributed by atoms with Crippen molar-refractivity contribution in [3.8, 4) is 16.9 Å². The van der Waals surface area contributed by atoms with E-state index in [0.29, 0.717) is 5.69 Å². The molecule has 2 amide bonds. The zero-order valence-electron chi connectivity index (χ0n) is 16.1. The molecule has 0 aliphatic heterocycles. The number of hydrogen-bond acceptors (Lipinski definition) is 4. The highest BCUT2D eigenvalue weighted by molar-refractivity contribution is 6.00. The number of halogens is 3. The lowest BCUT2D eigenvalue weighted by molar-refractivity contribution is -0.274. The first kappa shape index (κ1) is 20.2. The molecule has 158 valence electrons. The first-order valence-electron chi connectivity index (χ1n) is 9.08. The largest absolute Gasteiger partial charge is 0.573 e. The lowest BCUT2D eigenvalue weighted by Gasteiger charge is -2.11. The molecule has 0 radical (unpaired) electrons. The smallest absolute Gasteiger partial charge is 0.406 e. The van der Waals surface area contributed by atoms with Gasteiger partial charge in [-0.1, -0.05) is 18.2 Å². The monoisotopic (exact) mass is 427 g/mol. The maximum Gasteiger partial charge on any atom is 0.573 e. The zero-order chi connectivity index (χ0) is 22.0. The van der Waals surface area contributed by atoms with Crippen molar-refractivity contribution in [2.24, 2.45) is 7.05 Å². The Morgan fingerprint density at radius 1 is 1.00 bits per heavy atom. The maximum atomic E-state index is 12.3. The highest BCUT2D eigenvalue weighted by Crippen LogP contribution is 2.28. The molecule has 0 aliphatic carbocycles. The normalized spacial score (nSPS) is 11.4. The van der Waals surface area contributed by atoms with E-state index in [2.05, 4.69) is 25.5 Å². The van der Waals surface area contributed by atoms with Crippen LogP contribution in [-0.4, -0.2) is 27.2 Å². The number of benzene rings is 2. The van der Waals surface area contributed by atoms with Gasteiger partial charge >= 0.3 is 12.4 Å². The summed E-state index contributed by atoms with van der Waals surface area (Å²) in [6, 6.07) is 11.5. The number of nitrogens with zero attached hydrogens (tertiary/aromatic N) is 3. The van der Waals surface area contributed by atoms with Crippen LogP contribution in [0.2, 0.25) is 0 Å². The standard InChI is InChI=1S/C21H16F3N5O2/c1-29-19-12-25-10-17(18(19)11-26-29)13-5-7-14(8-6-13)27-20(30)28-15-3-2-4-16(9-15)31-21(22,23)24/h2-12H,1H3,(H2,27,28,30). The third-order valence-electron chi connectivity index (χ3n) is 4.45. The van der Waals surface area contributed by atoms with Crippen molar-refractivity contribution in [2.75, 3.05) is 10.6 Å². The highest BCUT2D eigenvalue weighted by Gasteiger charge is 2.31. The lowest BCUT2D eigenvalue weighted by atomic mass is 10.0. The minimum absolute atomic E-state index is 0.158. The summed E-state index contributed by atoms with van der Waals surface area (Å²) in [6.07, 6.45) is 0.441. The van der Waals surface area contributed by atoms with Crippen LogP contribution in [0.4, 0.5) is 29.3 Å². The number of nitrogens with one attached hydrogen (secondary N) is 2. The maximum absolute atomic E-state index is 12.3. The van der Waals surface area contributed by atoms with Crippen LogP contribution in [0.3, 0.4) is 0 Å². The van der Waals surface area contributed by atoms with Crippen LogP contribution in [0.15, 0.2) is 67.1 Å². The first-order valence-corrected chi connectivity index (χ1v) is 9.08. The molecule has 2 aromatic carbocycles. The molecule has 0 bridgehead atoms. The Labute approximate surface area is 174 Å². The molecule has 2 heterocycles. The van der Waals surface area contributed by atoms with Crippen molar-refractivity contribution in [3.05, 3.63) is 67.1 Å². The molecule has 4 aromatic rings. The van der Waals surface area contributed by atoms with E-state index in [-0.39, 0.29) is 5.69 Å². The Morgan fingerprint density at radius 2 is 1.74 bits per heavy atom. The summed E-state index contributed by atoms with van der Waals surface area (Å²) in [7, 11) is 1.84. The van der Waals surface area contributed by atoms with Gasteiger partial charge in [0, 0.05) is 41.6 Å². The van der Waals surface area contributed by atoms with Crippen molar-refractivity contribution in [2.45, 2.75) is 6.36 Å². The number of rotatable bonds is 4. The number of amides is 2. The van der Waals surface area contributed by atoms with E-state index >= 15 is 0 Å². The fourth-order valence-corrected chi connectivity index (χ4v) is 3.09. The molecular formula is C21H16F3N5O2. The van der Waals surface area contributed by atoms with Crippen LogP contribution < -0.4 is 15.4 Å². The Balaban J connectivity index is 1.44. The number of urea groups is 1. The molecule has 0 saturated heterocycles. The van der Waals surface area contributed by atoms with Crippen LogP contribution in [0.1, 0.15) is 0 Å². The number of carbonyl (C=O) groups is 1. The zero-order valence-corrected chi connectivity index (χ0v) is 16.1. The van der Waals surface area contributed by atoms with Gasteiger partial charge < -0.3 is 15.4 Å². The molecule has 0 spiro atoms. The third kappa shape index (κ3) is 4.74. The molecule has 7 nitrogen and oxygen atoms in total. The van der Waals surface area contributed by atoms with Crippen LogP contribution in [-0.2, 0) is 7.05 Å². The number of ether oxygens (including phenoxy) is 1. The van der Waals surface area contributed by atoms with E-state index in [0.717, 1.165) is 34.2 Å². The second-order valence-electron chi connectivity index (χ2n) is 6.62. The summed E-state index contributed by atoms with van der Waals surface area (Å²) >= 11 is 0. The van der Waals surface area contributed by atoms with E-state index in [1.165, 1.54) is 12.1 Å². The summed E-state index contributed by atoms with van der Waals surface area (Å²) in [5.74, 6) is -0.423. The summed E-state index contributed by atoms with van der Waals surface area (Å²) in [4.78, 5) is 16.5. The number of aryl methyl sites for hydroxylation is 1. The van der Waals surface area contributed by atoms with Gasteiger partial charge in [0.2, 0.25) is 0 Å². The van der Waals surface area contributed by atoms with E-state index < -0.39 is 18.1 Å². The number of aromatic nitrogens is 3. The van der Waals surface area contributed by atoms with Crippen LogP contribution in [0.25, 0.3) is 22.0 Å². The Kier molecular flexibility index (Phi) is 5.20. The molecule has 0 unspecified atom stereocenters. The number of hydrogen-bond donors (Lipinski definition) is 2. The van der Waals surface area contributed by atoms with Crippen LogP contribution in [0.5, 0.6) is 5.75 Å². The summed E-state index contributed by atoms with van der Waals surface area (Å²) in [6.45, 7) is 0. The lowest BCUT2D eigenvalue weighted by Crippen LogP contribution is -2.20. The molecule has 2 N–H and O–H groups in total. The van der Waals surface area contributed by atoms with Gasteiger partial charge in [0.05, 0.1) is 17.9 Å². The SMILES string of the molecule is Cn1ncc2c(-c3ccc(NC(=O)Nc4cccc(OC(F)(F)F)c4)cc3)cncc21. The molecule has 0 aliphatic rings. The molecule has 10 heteroatoms. The summed E-state index contributed by atoms with van der Waals surface area (Å²) in [5, 5.41) is 10.3. The average molecular weight is 427 g/mol. The number of fused-ring (bicyclic) bond motifs is 1. The summed E-state index contributed by atoms with van der Waals surface area (Å²) in [5.41, 5.74) is 3.37. The van der Waals surface area contributed by atoms with Gasteiger partial charge in [-0.15, -0.1) is 13.2 Å². The van der Waals surface area contributed by atoms with E-state index in [4.69, 9.17) is 0 Å². The van der Waals surface area contributed by atoms with Crippen molar-refractivity contribution in [1.29, 1.82) is 0 Å². The predicted octanol–water partition coefficient (Wildman–Crippen LogP) is 5.18. The van der Waals surface area contributed by atoms with E-state index in [9.17, 15) is 18.0 Å². The average Bonchev–Trinajstić information content (AvgIpc) is 3.09. The fraction of sp³-hybridized carbons (Fsp3) is 0.0952. The molecular weight excluding hydrogens is 411 g/mol. The second-order valence-corrected chi connectivity index (χ2v) is 6.62. The number of pyridine rings is 1. The van der Waals surface area contributed by atoms with Gasteiger partial charge in [-0.3, -0.25) is 9.67 Å².